The monoisotopic (exact) mass is 397 g/mol. The highest BCUT2D eigenvalue weighted by molar-refractivity contribution is 7.86. The van der Waals surface area contributed by atoms with E-state index in [0.29, 0.717) is 38.0 Å². The van der Waals surface area contributed by atoms with Gasteiger partial charge in [-0.1, -0.05) is 31.0 Å². The Morgan fingerprint density at radius 2 is 1.70 bits per heavy atom. The van der Waals surface area contributed by atoms with E-state index >= 15 is 0 Å². The molecule has 2 aliphatic rings. The Balaban J connectivity index is 1.59. The first-order valence-electron chi connectivity index (χ1n) is 9.75. The number of rotatable bonds is 5. The number of benzene rings is 1. The molecule has 1 atom stereocenters. The minimum Gasteiger partial charge on any atom is -0.352 e. The quantitative estimate of drug-likeness (QED) is 0.829. The Hall–Kier alpha value is -1.51. The van der Waals surface area contributed by atoms with Gasteiger partial charge >= 0.3 is 0 Å². The fraction of sp³-hybridized carbons (Fsp3) is 0.632. The molecule has 8 heteroatoms. The van der Waals surface area contributed by atoms with Gasteiger partial charge in [0, 0.05) is 38.3 Å². The van der Waals surface area contributed by atoms with Crippen LogP contribution in [0.2, 0.25) is 0 Å². The summed E-state index contributed by atoms with van der Waals surface area (Å²) in [7, 11) is -3.52. The minimum atomic E-state index is -3.52. The summed E-state index contributed by atoms with van der Waals surface area (Å²) in [5.41, 5.74) is 0.427. The maximum Gasteiger partial charge on any atom is 0.281 e. The molecular weight excluding hydrogens is 369 g/mol. The summed E-state index contributed by atoms with van der Waals surface area (Å²) in [6, 6.07) is 6.32. The average molecular weight is 398 g/mol. The predicted octanol–water partition coefficient (Wildman–Crippen LogP) is 2.27. The number of amides is 1. The maximum atomic E-state index is 13.7. The SMILES string of the molecule is O=C(NCc1ccccc1F)[C@H]1CCCN(S(=O)(=O)N2CCCCCC2)C1. The van der Waals surface area contributed by atoms with Crippen LogP contribution in [0.15, 0.2) is 24.3 Å². The summed E-state index contributed by atoms with van der Waals surface area (Å²) in [5, 5.41) is 2.76. The Bertz CT molecular complexity index is 748. The molecule has 1 aromatic carbocycles. The molecule has 0 aromatic heterocycles. The summed E-state index contributed by atoms with van der Waals surface area (Å²) >= 11 is 0. The molecule has 1 aromatic rings. The smallest absolute Gasteiger partial charge is 0.281 e. The second kappa shape index (κ2) is 9.12. The van der Waals surface area contributed by atoms with Gasteiger partial charge in [-0.25, -0.2) is 4.39 Å². The first-order chi connectivity index (χ1) is 13.0. The van der Waals surface area contributed by atoms with Crippen molar-refractivity contribution < 1.29 is 17.6 Å². The molecule has 3 rings (SSSR count). The van der Waals surface area contributed by atoms with Gasteiger partial charge in [-0.3, -0.25) is 4.79 Å². The van der Waals surface area contributed by atoms with Gasteiger partial charge in [0.2, 0.25) is 5.91 Å². The van der Waals surface area contributed by atoms with Gasteiger partial charge in [-0.05, 0) is 31.7 Å². The van der Waals surface area contributed by atoms with E-state index in [1.807, 2.05) is 0 Å². The van der Waals surface area contributed by atoms with E-state index in [1.54, 1.807) is 22.5 Å². The number of nitrogens with one attached hydrogen (secondary N) is 1. The number of carbonyl (C=O) groups excluding carboxylic acids is 1. The predicted molar refractivity (Wildman–Crippen MR) is 102 cm³/mol. The molecule has 1 amide bonds. The van der Waals surface area contributed by atoms with Gasteiger partial charge < -0.3 is 5.32 Å². The standard InChI is InChI=1S/C19H28FN3O3S/c20-18-10-4-3-8-16(18)14-21-19(24)17-9-7-13-23(15-17)27(25,26)22-11-5-1-2-6-12-22/h3-4,8,10,17H,1-2,5-7,9,11-15H2,(H,21,24)/t17-/m0/s1. The molecule has 2 aliphatic heterocycles. The number of hydrogen-bond donors (Lipinski definition) is 1. The molecule has 0 bridgehead atoms. The average Bonchev–Trinajstić information content (AvgIpc) is 2.97. The van der Waals surface area contributed by atoms with Crippen molar-refractivity contribution in [1.29, 1.82) is 0 Å². The Kier molecular flexibility index (Phi) is 6.83. The normalized spacial score (nSPS) is 22.9. The van der Waals surface area contributed by atoms with Crippen molar-refractivity contribution in [3.8, 4) is 0 Å². The minimum absolute atomic E-state index is 0.112. The van der Waals surface area contributed by atoms with Crippen LogP contribution in [0, 0.1) is 11.7 Å². The maximum absolute atomic E-state index is 13.7. The zero-order valence-corrected chi connectivity index (χ0v) is 16.4. The van der Waals surface area contributed by atoms with Gasteiger partial charge in [0.1, 0.15) is 5.82 Å². The van der Waals surface area contributed by atoms with Gasteiger partial charge in [0.25, 0.3) is 10.2 Å². The number of carbonyl (C=O) groups is 1. The number of hydrogen-bond acceptors (Lipinski definition) is 3. The summed E-state index contributed by atoms with van der Waals surface area (Å²) in [6.45, 7) is 1.88. The molecule has 0 radical (unpaired) electrons. The zero-order valence-electron chi connectivity index (χ0n) is 15.6. The third-order valence-electron chi connectivity index (χ3n) is 5.38. The van der Waals surface area contributed by atoms with Crippen LogP contribution in [-0.2, 0) is 21.5 Å². The van der Waals surface area contributed by atoms with E-state index < -0.39 is 16.1 Å². The van der Waals surface area contributed by atoms with Crippen molar-refractivity contribution in [1.82, 2.24) is 13.9 Å². The van der Waals surface area contributed by atoms with Gasteiger partial charge in [0.15, 0.2) is 0 Å². The van der Waals surface area contributed by atoms with Gasteiger partial charge in [0.05, 0.1) is 5.92 Å². The molecule has 0 spiro atoms. The van der Waals surface area contributed by atoms with Crippen LogP contribution >= 0.6 is 0 Å². The van der Waals surface area contributed by atoms with Crippen molar-refractivity contribution in [3.05, 3.63) is 35.6 Å². The van der Waals surface area contributed by atoms with E-state index in [9.17, 15) is 17.6 Å². The second-order valence-electron chi connectivity index (χ2n) is 7.33. The van der Waals surface area contributed by atoms with Crippen LogP contribution in [0.1, 0.15) is 44.1 Å². The van der Waals surface area contributed by atoms with Crippen LogP contribution in [0.4, 0.5) is 4.39 Å². The highest BCUT2D eigenvalue weighted by Gasteiger charge is 2.35. The highest BCUT2D eigenvalue weighted by atomic mass is 32.2. The summed E-state index contributed by atoms with van der Waals surface area (Å²) in [4.78, 5) is 12.5. The molecule has 0 saturated carbocycles. The number of nitrogens with zero attached hydrogens (tertiary/aromatic N) is 2. The number of piperidine rings is 1. The Morgan fingerprint density at radius 3 is 2.41 bits per heavy atom. The molecule has 2 saturated heterocycles. The molecule has 27 heavy (non-hydrogen) atoms. The fourth-order valence-corrected chi connectivity index (χ4v) is 5.54. The van der Waals surface area contributed by atoms with Crippen LogP contribution in [0.5, 0.6) is 0 Å². The first-order valence-corrected chi connectivity index (χ1v) is 11.1. The highest BCUT2D eigenvalue weighted by Crippen LogP contribution is 2.23. The molecule has 1 N–H and O–H groups in total. The molecule has 2 fully saturated rings. The fourth-order valence-electron chi connectivity index (χ4n) is 3.77. The van der Waals surface area contributed by atoms with Crippen LogP contribution in [0.25, 0.3) is 0 Å². The van der Waals surface area contributed by atoms with Crippen molar-refractivity contribution in [2.75, 3.05) is 26.2 Å². The van der Waals surface area contributed by atoms with E-state index in [0.717, 1.165) is 25.7 Å². The van der Waals surface area contributed by atoms with Crippen LogP contribution in [0.3, 0.4) is 0 Å². The molecule has 2 heterocycles. The van der Waals surface area contributed by atoms with Crippen molar-refractivity contribution >= 4 is 16.1 Å². The Morgan fingerprint density at radius 1 is 1.04 bits per heavy atom. The third-order valence-corrected chi connectivity index (χ3v) is 7.39. The number of halogens is 1. The van der Waals surface area contributed by atoms with Crippen LogP contribution in [-0.4, -0.2) is 49.1 Å². The second-order valence-corrected chi connectivity index (χ2v) is 9.26. The van der Waals surface area contributed by atoms with Gasteiger partial charge in [-0.2, -0.15) is 17.0 Å². The summed E-state index contributed by atoms with van der Waals surface area (Å²) < 4.78 is 42.6. The van der Waals surface area contributed by atoms with Crippen molar-refractivity contribution in [3.63, 3.8) is 0 Å². The summed E-state index contributed by atoms with van der Waals surface area (Å²) in [5.74, 6) is -0.965. The zero-order chi connectivity index (χ0) is 19.3. The summed E-state index contributed by atoms with van der Waals surface area (Å²) in [6.07, 6.45) is 5.21. The molecule has 0 aliphatic carbocycles. The lowest BCUT2D eigenvalue weighted by molar-refractivity contribution is -0.126. The van der Waals surface area contributed by atoms with Crippen LogP contribution < -0.4 is 5.32 Å². The molecule has 0 unspecified atom stereocenters. The lowest BCUT2D eigenvalue weighted by atomic mass is 9.99. The van der Waals surface area contributed by atoms with Crippen molar-refractivity contribution in [2.45, 2.75) is 45.1 Å². The van der Waals surface area contributed by atoms with Gasteiger partial charge in [-0.15, -0.1) is 0 Å². The first kappa shape index (κ1) is 20.2. The lowest BCUT2D eigenvalue weighted by Gasteiger charge is -2.34. The Labute approximate surface area is 160 Å². The molecule has 6 nitrogen and oxygen atoms in total. The largest absolute Gasteiger partial charge is 0.352 e. The van der Waals surface area contributed by atoms with E-state index in [2.05, 4.69) is 5.32 Å². The van der Waals surface area contributed by atoms with E-state index in [-0.39, 0.29) is 24.8 Å². The lowest BCUT2D eigenvalue weighted by Crippen LogP contribution is -2.50. The van der Waals surface area contributed by atoms with E-state index in [4.69, 9.17) is 0 Å². The molecular formula is C19H28FN3O3S. The topological polar surface area (TPSA) is 69.7 Å². The third kappa shape index (κ3) is 5.06. The molecule has 150 valence electrons. The van der Waals surface area contributed by atoms with Crippen molar-refractivity contribution in [2.24, 2.45) is 5.92 Å². The van der Waals surface area contributed by atoms with E-state index in [1.165, 1.54) is 10.4 Å².